The van der Waals surface area contributed by atoms with Crippen molar-refractivity contribution in [3.63, 3.8) is 0 Å². The minimum absolute atomic E-state index is 0.440. The molecule has 2 aromatic rings. The van der Waals surface area contributed by atoms with E-state index < -0.39 is 17.8 Å². The zero-order valence-electron chi connectivity index (χ0n) is 9.83. The molecule has 0 saturated carbocycles. The van der Waals surface area contributed by atoms with E-state index >= 15 is 0 Å². The summed E-state index contributed by atoms with van der Waals surface area (Å²) in [5.74, 6) is 0. The fourth-order valence-corrected chi connectivity index (χ4v) is 3.58. The molecule has 0 fully saturated rings. The molecule has 0 aliphatic rings. The molecule has 1 heterocycles. The Kier molecular flexibility index (Phi) is 4.03. The number of aliphatic hydroxyl groups excluding tert-OH is 1. The van der Waals surface area contributed by atoms with Crippen LogP contribution in [-0.2, 0) is 6.18 Å². The molecule has 19 heavy (non-hydrogen) atoms. The third-order valence-corrected chi connectivity index (χ3v) is 4.66. The van der Waals surface area contributed by atoms with Gasteiger partial charge in [-0.2, -0.15) is 13.2 Å². The fourth-order valence-electron chi connectivity index (χ4n) is 1.69. The molecule has 102 valence electrons. The molecule has 0 amide bonds. The smallest absolute Gasteiger partial charge is 0.383 e. The molecule has 2 rings (SSSR count). The Balaban J connectivity index is 2.30. The summed E-state index contributed by atoms with van der Waals surface area (Å²) >= 11 is 4.74. The topological polar surface area (TPSA) is 20.2 Å². The summed E-state index contributed by atoms with van der Waals surface area (Å²) in [6, 6.07) is 6.43. The van der Waals surface area contributed by atoms with E-state index in [1.54, 1.807) is 0 Å². The van der Waals surface area contributed by atoms with Crippen LogP contribution in [0.1, 0.15) is 27.0 Å². The number of halogens is 4. The van der Waals surface area contributed by atoms with Gasteiger partial charge >= 0.3 is 6.18 Å². The number of aryl methyl sites for hydroxylation is 1. The molecule has 6 heteroatoms. The van der Waals surface area contributed by atoms with E-state index in [9.17, 15) is 18.3 Å². The summed E-state index contributed by atoms with van der Waals surface area (Å²) in [4.78, 5) is 1.71. The standard InChI is InChI=1S/C13H10BrF3OS/c1-7-6-10(14)12(19-7)11(18)8-2-4-9(5-3-8)13(15,16)17/h2-6,11,18H,1H3. The van der Waals surface area contributed by atoms with Crippen LogP contribution in [0.15, 0.2) is 34.8 Å². The second-order valence-corrected chi connectivity index (χ2v) is 6.23. The maximum atomic E-state index is 12.4. The van der Waals surface area contributed by atoms with Gasteiger partial charge in [0.25, 0.3) is 0 Å². The van der Waals surface area contributed by atoms with E-state index in [2.05, 4.69) is 15.9 Å². The van der Waals surface area contributed by atoms with Crippen LogP contribution >= 0.6 is 27.3 Å². The molecule has 1 atom stereocenters. The van der Waals surface area contributed by atoms with E-state index in [0.29, 0.717) is 10.4 Å². The Morgan fingerprint density at radius 2 is 1.79 bits per heavy atom. The molecule has 1 unspecified atom stereocenters. The van der Waals surface area contributed by atoms with Gasteiger partial charge in [-0.3, -0.25) is 0 Å². The normalized spacial score (nSPS) is 13.6. The van der Waals surface area contributed by atoms with E-state index in [0.717, 1.165) is 21.5 Å². The monoisotopic (exact) mass is 350 g/mol. The van der Waals surface area contributed by atoms with Gasteiger partial charge in [0.15, 0.2) is 0 Å². The lowest BCUT2D eigenvalue weighted by Gasteiger charge is -2.12. The Hall–Kier alpha value is -0.850. The molecule has 0 saturated heterocycles. The number of thiophene rings is 1. The lowest BCUT2D eigenvalue weighted by Crippen LogP contribution is -2.05. The summed E-state index contributed by atoms with van der Waals surface area (Å²) < 4.78 is 38.1. The van der Waals surface area contributed by atoms with Gasteiger partial charge in [0.1, 0.15) is 6.10 Å². The lowest BCUT2D eigenvalue weighted by atomic mass is 10.1. The predicted molar refractivity (Wildman–Crippen MR) is 72.3 cm³/mol. The number of benzene rings is 1. The summed E-state index contributed by atoms with van der Waals surface area (Å²) in [5, 5.41) is 10.2. The quantitative estimate of drug-likeness (QED) is 0.814. The maximum Gasteiger partial charge on any atom is 0.416 e. The summed E-state index contributed by atoms with van der Waals surface area (Å²) in [6.07, 6.45) is -5.28. The van der Waals surface area contributed by atoms with Crippen molar-refractivity contribution in [3.05, 3.63) is 55.7 Å². The van der Waals surface area contributed by atoms with Crippen LogP contribution in [0.25, 0.3) is 0 Å². The van der Waals surface area contributed by atoms with E-state index in [-0.39, 0.29) is 0 Å². The van der Waals surface area contributed by atoms with E-state index in [4.69, 9.17) is 0 Å². The van der Waals surface area contributed by atoms with Gasteiger partial charge in [-0.1, -0.05) is 12.1 Å². The molecular formula is C13H10BrF3OS. The number of alkyl halides is 3. The molecule has 0 bridgehead atoms. The Bertz CT molecular complexity index is 575. The first kappa shape index (κ1) is 14.6. The fraction of sp³-hybridized carbons (Fsp3) is 0.231. The molecule has 1 aromatic heterocycles. The number of hydrogen-bond acceptors (Lipinski definition) is 2. The highest BCUT2D eigenvalue weighted by atomic mass is 79.9. The maximum absolute atomic E-state index is 12.4. The number of rotatable bonds is 2. The highest BCUT2D eigenvalue weighted by Crippen LogP contribution is 2.36. The molecule has 1 nitrogen and oxygen atoms in total. The second-order valence-electron chi connectivity index (χ2n) is 4.09. The molecule has 0 spiro atoms. The minimum atomic E-state index is -4.36. The third-order valence-electron chi connectivity index (χ3n) is 2.64. The third kappa shape index (κ3) is 3.19. The second kappa shape index (κ2) is 5.26. The molecule has 0 aliphatic carbocycles. The van der Waals surface area contributed by atoms with Crippen LogP contribution in [0.5, 0.6) is 0 Å². The van der Waals surface area contributed by atoms with Crippen LogP contribution < -0.4 is 0 Å². The van der Waals surface area contributed by atoms with Crippen LogP contribution in [0.2, 0.25) is 0 Å². The van der Waals surface area contributed by atoms with Gasteiger partial charge < -0.3 is 5.11 Å². The number of aliphatic hydroxyl groups is 1. The van der Waals surface area contributed by atoms with Crippen LogP contribution in [0.3, 0.4) is 0 Å². The van der Waals surface area contributed by atoms with Crippen molar-refractivity contribution >= 4 is 27.3 Å². The SMILES string of the molecule is Cc1cc(Br)c(C(O)c2ccc(C(F)(F)F)cc2)s1. The molecule has 1 aromatic carbocycles. The summed E-state index contributed by atoms with van der Waals surface area (Å²) in [6.45, 7) is 1.90. The van der Waals surface area contributed by atoms with E-state index in [1.807, 2.05) is 13.0 Å². The van der Waals surface area contributed by atoms with Gasteiger partial charge in [-0.15, -0.1) is 11.3 Å². The van der Waals surface area contributed by atoms with Gasteiger partial charge in [0, 0.05) is 9.35 Å². The Morgan fingerprint density at radius 3 is 2.21 bits per heavy atom. The van der Waals surface area contributed by atoms with Crippen molar-refractivity contribution < 1.29 is 18.3 Å². The average molecular weight is 351 g/mol. The van der Waals surface area contributed by atoms with Crippen molar-refractivity contribution in [2.24, 2.45) is 0 Å². The van der Waals surface area contributed by atoms with Crippen molar-refractivity contribution in [1.82, 2.24) is 0 Å². The predicted octanol–water partition coefficient (Wildman–Crippen LogP) is 4.92. The van der Waals surface area contributed by atoms with Crippen LogP contribution in [0.4, 0.5) is 13.2 Å². The zero-order valence-corrected chi connectivity index (χ0v) is 12.2. The van der Waals surface area contributed by atoms with E-state index in [1.165, 1.54) is 23.5 Å². The first-order valence-electron chi connectivity index (χ1n) is 5.40. The first-order chi connectivity index (χ1) is 8.79. The van der Waals surface area contributed by atoms with Crippen molar-refractivity contribution in [2.45, 2.75) is 19.2 Å². The largest absolute Gasteiger partial charge is 0.416 e. The van der Waals surface area contributed by atoms with Gasteiger partial charge in [-0.05, 0) is 46.6 Å². The summed E-state index contributed by atoms with van der Waals surface area (Å²) in [5.41, 5.74) is -0.277. The molecule has 0 radical (unpaired) electrons. The Labute approximate surface area is 120 Å². The first-order valence-corrected chi connectivity index (χ1v) is 7.01. The van der Waals surface area contributed by atoms with Crippen molar-refractivity contribution in [2.75, 3.05) is 0 Å². The minimum Gasteiger partial charge on any atom is -0.383 e. The summed E-state index contributed by atoms with van der Waals surface area (Å²) in [7, 11) is 0. The average Bonchev–Trinajstić information content (AvgIpc) is 2.66. The lowest BCUT2D eigenvalue weighted by molar-refractivity contribution is -0.137. The molecule has 0 aliphatic heterocycles. The van der Waals surface area contributed by atoms with Crippen LogP contribution in [0, 0.1) is 6.92 Å². The highest BCUT2D eigenvalue weighted by Gasteiger charge is 2.30. The van der Waals surface area contributed by atoms with Gasteiger partial charge in [0.2, 0.25) is 0 Å². The van der Waals surface area contributed by atoms with Crippen molar-refractivity contribution in [3.8, 4) is 0 Å². The Morgan fingerprint density at radius 1 is 1.21 bits per heavy atom. The van der Waals surface area contributed by atoms with Gasteiger partial charge in [-0.25, -0.2) is 0 Å². The van der Waals surface area contributed by atoms with Crippen molar-refractivity contribution in [1.29, 1.82) is 0 Å². The zero-order chi connectivity index (χ0) is 14.2. The molecule has 1 N–H and O–H groups in total. The molecular weight excluding hydrogens is 341 g/mol. The van der Waals surface area contributed by atoms with Gasteiger partial charge in [0.05, 0.1) is 10.4 Å². The highest BCUT2D eigenvalue weighted by molar-refractivity contribution is 9.10. The number of hydrogen-bond donors (Lipinski definition) is 1. The van der Waals surface area contributed by atoms with Crippen LogP contribution in [-0.4, -0.2) is 5.11 Å².